The van der Waals surface area contributed by atoms with Crippen molar-refractivity contribution in [2.75, 3.05) is 40.0 Å². The second-order valence-electron chi connectivity index (χ2n) is 3.07. The van der Waals surface area contributed by atoms with Crippen molar-refractivity contribution in [3.8, 4) is 0 Å². The van der Waals surface area contributed by atoms with Crippen LogP contribution in [0.25, 0.3) is 0 Å². The van der Waals surface area contributed by atoms with Crippen LogP contribution in [0.5, 0.6) is 0 Å². The molecule has 0 aliphatic carbocycles. The Hall–Kier alpha value is -0.380. The third kappa shape index (κ3) is 11.6. The fraction of sp³-hybridized carbons (Fsp3) is 0.818. The van der Waals surface area contributed by atoms with E-state index < -0.39 is 0 Å². The van der Waals surface area contributed by atoms with E-state index >= 15 is 0 Å². The minimum Gasteiger partial charge on any atom is -0.385 e. The van der Waals surface area contributed by atoms with E-state index in [1.807, 2.05) is 6.92 Å². The minimum absolute atomic E-state index is 0.786. The number of hydrogen-bond donors (Lipinski definition) is 1. The molecule has 14 heavy (non-hydrogen) atoms. The molecule has 3 heteroatoms. The van der Waals surface area contributed by atoms with Crippen LogP contribution in [0.1, 0.15) is 19.8 Å². The molecule has 0 aliphatic heterocycles. The maximum absolute atomic E-state index is 5.38. The molecule has 0 amide bonds. The van der Waals surface area contributed by atoms with Crippen LogP contribution in [0.2, 0.25) is 0 Å². The predicted octanol–water partition coefficient (Wildman–Crippen LogP) is 1.60. The summed E-state index contributed by atoms with van der Waals surface area (Å²) in [5, 5.41) is 3.30. The summed E-state index contributed by atoms with van der Waals surface area (Å²) in [5.41, 5.74) is 0. The molecule has 0 spiro atoms. The van der Waals surface area contributed by atoms with E-state index in [1.54, 1.807) is 7.11 Å². The van der Waals surface area contributed by atoms with E-state index in [2.05, 4.69) is 17.5 Å². The molecule has 0 saturated heterocycles. The number of ether oxygens (including phenoxy) is 2. The van der Waals surface area contributed by atoms with Crippen LogP contribution in [-0.2, 0) is 9.47 Å². The van der Waals surface area contributed by atoms with Crippen LogP contribution in [0.15, 0.2) is 12.2 Å². The topological polar surface area (TPSA) is 30.5 Å². The smallest absolute Gasteiger partial charge is 0.0590 e. The summed E-state index contributed by atoms with van der Waals surface area (Å²) in [5.74, 6) is 0. The van der Waals surface area contributed by atoms with Gasteiger partial charge in [-0.2, -0.15) is 0 Å². The average Bonchev–Trinajstić information content (AvgIpc) is 2.21. The van der Waals surface area contributed by atoms with Gasteiger partial charge < -0.3 is 14.8 Å². The van der Waals surface area contributed by atoms with Crippen molar-refractivity contribution in [1.29, 1.82) is 0 Å². The third-order valence-corrected chi connectivity index (χ3v) is 1.78. The molecule has 0 saturated carbocycles. The summed E-state index contributed by atoms with van der Waals surface area (Å²) < 4.78 is 10.3. The molecule has 1 N–H and O–H groups in total. The van der Waals surface area contributed by atoms with Crippen LogP contribution >= 0.6 is 0 Å². The first-order chi connectivity index (χ1) is 6.91. The van der Waals surface area contributed by atoms with Gasteiger partial charge in [-0.1, -0.05) is 12.2 Å². The van der Waals surface area contributed by atoms with Crippen molar-refractivity contribution in [2.24, 2.45) is 0 Å². The van der Waals surface area contributed by atoms with Crippen LogP contribution in [0.4, 0.5) is 0 Å². The van der Waals surface area contributed by atoms with Crippen molar-refractivity contribution >= 4 is 0 Å². The zero-order valence-corrected chi connectivity index (χ0v) is 9.42. The second kappa shape index (κ2) is 12.6. The summed E-state index contributed by atoms with van der Waals surface area (Å²) >= 11 is 0. The van der Waals surface area contributed by atoms with Gasteiger partial charge in [-0.3, -0.25) is 0 Å². The summed E-state index contributed by atoms with van der Waals surface area (Å²) in [7, 11) is 1.71. The highest BCUT2D eigenvalue weighted by Crippen LogP contribution is 1.83. The number of nitrogens with one attached hydrogen (secondary N) is 1. The van der Waals surface area contributed by atoms with Crippen LogP contribution in [0, 0.1) is 0 Å². The normalized spacial score (nSPS) is 11.3. The molecule has 0 heterocycles. The number of rotatable bonds is 10. The first-order valence-corrected chi connectivity index (χ1v) is 5.30. The Kier molecular flexibility index (Phi) is 12.3. The van der Waals surface area contributed by atoms with Crippen molar-refractivity contribution in [2.45, 2.75) is 19.8 Å². The molecule has 0 atom stereocenters. The Morgan fingerprint density at radius 2 is 2.00 bits per heavy atom. The molecular weight excluding hydrogens is 178 g/mol. The van der Waals surface area contributed by atoms with Crippen LogP contribution in [-0.4, -0.2) is 40.0 Å². The highest BCUT2D eigenvalue weighted by atomic mass is 16.5. The predicted molar refractivity (Wildman–Crippen MR) is 59.6 cm³/mol. The summed E-state index contributed by atoms with van der Waals surface area (Å²) in [6.07, 6.45) is 6.31. The Labute approximate surface area is 87.5 Å². The highest BCUT2D eigenvalue weighted by molar-refractivity contribution is 4.77. The third-order valence-electron chi connectivity index (χ3n) is 1.78. The molecular formula is C11H23NO2. The van der Waals surface area contributed by atoms with Crippen molar-refractivity contribution in [3.05, 3.63) is 12.2 Å². The Morgan fingerprint density at radius 1 is 1.14 bits per heavy atom. The van der Waals surface area contributed by atoms with Crippen LogP contribution in [0.3, 0.4) is 0 Å². The summed E-state index contributed by atoms with van der Waals surface area (Å²) in [6.45, 7) is 6.38. The molecule has 3 nitrogen and oxygen atoms in total. The van der Waals surface area contributed by atoms with Crippen molar-refractivity contribution in [1.82, 2.24) is 5.32 Å². The molecule has 84 valence electrons. The van der Waals surface area contributed by atoms with Crippen LogP contribution < -0.4 is 5.32 Å². The average molecular weight is 201 g/mol. The number of hydrogen-bond acceptors (Lipinski definition) is 3. The number of methoxy groups -OCH3 is 1. The van der Waals surface area contributed by atoms with Gasteiger partial charge in [0.15, 0.2) is 0 Å². The lowest BCUT2D eigenvalue weighted by Crippen LogP contribution is -2.20. The molecule has 0 aromatic rings. The maximum Gasteiger partial charge on any atom is 0.0590 e. The fourth-order valence-electron chi connectivity index (χ4n) is 1.03. The zero-order chi connectivity index (χ0) is 10.5. The lowest BCUT2D eigenvalue weighted by molar-refractivity contribution is 0.104. The highest BCUT2D eigenvalue weighted by Gasteiger charge is 1.88. The molecule has 0 fully saturated rings. The zero-order valence-electron chi connectivity index (χ0n) is 9.42. The largest absolute Gasteiger partial charge is 0.385 e. The van der Waals surface area contributed by atoms with E-state index in [1.165, 1.54) is 0 Å². The van der Waals surface area contributed by atoms with Crippen molar-refractivity contribution < 1.29 is 9.47 Å². The van der Waals surface area contributed by atoms with Gasteiger partial charge in [0.25, 0.3) is 0 Å². The Morgan fingerprint density at radius 3 is 2.71 bits per heavy atom. The minimum atomic E-state index is 0.786. The lowest BCUT2D eigenvalue weighted by Gasteiger charge is -2.04. The molecule has 0 radical (unpaired) electrons. The monoisotopic (exact) mass is 201 g/mol. The van der Waals surface area contributed by atoms with Gasteiger partial charge >= 0.3 is 0 Å². The fourth-order valence-corrected chi connectivity index (χ4v) is 1.03. The molecule has 0 unspecified atom stereocenters. The molecule has 0 aromatic heterocycles. The standard InChI is InChI=1S/C11H23NO2/c1-3-4-5-7-12-8-11-14-10-6-9-13-2/h3-4,12H,5-11H2,1-2H3/b4-3+. The summed E-state index contributed by atoms with van der Waals surface area (Å²) in [6, 6.07) is 0. The molecule has 0 aliphatic rings. The Balaban J connectivity index is 2.85. The molecule has 0 rings (SSSR count). The molecule has 0 bridgehead atoms. The first-order valence-electron chi connectivity index (χ1n) is 5.30. The van der Waals surface area contributed by atoms with Gasteiger partial charge in [0, 0.05) is 26.9 Å². The quantitative estimate of drug-likeness (QED) is 0.430. The van der Waals surface area contributed by atoms with Crippen molar-refractivity contribution in [3.63, 3.8) is 0 Å². The maximum atomic E-state index is 5.38. The van der Waals surface area contributed by atoms with Gasteiger partial charge in [0.1, 0.15) is 0 Å². The van der Waals surface area contributed by atoms with E-state index in [-0.39, 0.29) is 0 Å². The van der Waals surface area contributed by atoms with Gasteiger partial charge in [-0.25, -0.2) is 0 Å². The van der Waals surface area contributed by atoms with Gasteiger partial charge in [-0.05, 0) is 26.3 Å². The molecule has 0 aromatic carbocycles. The summed E-state index contributed by atoms with van der Waals surface area (Å²) in [4.78, 5) is 0. The lowest BCUT2D eigenvalue weighted by atomic mass is 10.4. The SMILES string of the molecule is C/C=C/CCNCCOCCCOC. The van der Waals surface area contributed by atoms with Gasteiger partial charge in [0.05, 0.1) is 6.61 Å². The van der Waals surface area contributed by atoms with E-state index in [0.717, 1.165) is 45.8 Å². The van der Waals surface area contributed by atoms with Gasteiger partial charge in [0.2, 0.25) is 0 Å². The first kappa shape index (κ1) is 13.6. The number of allylic oxidation sites excluding steroid dienone is 1. The van der Waals surface area contributed by atoms with E-state index in [4.69, 9.17) is 9.47 Å². The van der Waals surface area contributed by atoms with E-state index in [0.29, 0.717) is 0 Å². The van der Waals surface area contributed by atoms with Gasteiger partial charge in [-0.15, -0.1) is 0 Å². The Bertz CT molecular complexity index is 126. The van der Waals surface area contributed by atoms with E-state index in [9.17, 15) is 0 Å². The second-order valence-corrected chi connectivity index (χ2v) is 3.07.